The van der Waals surface area contributed by atoms with Crippen LogP contribution >= 0.6 is 0 Å². The van der Waals surface area contributed by atoms with E-state index >= 15 is 0 Å². The zero-order valence-corrected chi connectivity index (χ0v) is 17.0. The van der Waals surface area contributed by atoms with Gasteiger partial charge in [-0.15, -0.1) is 6.58 Å². The summed E-state index contributed by atoms with van der Waals surface area (Å²) in [7, 11) is 0. The van der Waals surface area contributed by atoms with Gasteiger partial charge < -0.3 is 10.6 Å². The van der Waals surface area contributed by atoms with Gasteiger partial charge in [-0.2, -0.15) is 5.26 Å². The number of piperidine rings is 1. The number of nitriles is 1. The summed E-state index contributed by atoms with van der Waals surface area (Å²) in [6.07, 6.45) is 8.26. The van der Waals surface area contributed by atoms with Gasteiger partial charge in [-0.3, -0.25) is 4.79 Å². The maximum absolute atomic E-state index is 13.6. The van der Waals surface area contributed by atoms with Gasteiger partial charge in [-0.05, 0) is 51.2 Å². The van der Waals surface area contributed by atoms with Crippen molar-refractivity contribution in [3.63, 3.8) is 0 Å². The first-order valence-corrected chi connectivity index (χ1v) is 9.77. The van der Waals surface area contributed by atoms with Crippen LogP contribution < -0.4 is 5.73 Å². The fourth-order valence-electron chi connectivity index (χ4n) is 3.19. The van der Waals surface area contributed by atoms with Crippen molar-refractivity contribution in [3.8, 4) is 6.07 Å². The third-order valence-electron chi connectivity index (χ3n) is 5.06. The fraction of sp³-hybridized carbons (Fsp3) is 0.478. The van der Waals surface area contributed by atoms with Crippen LogP contribution in [0.15, 0.2) is 49.1 Å². The van der Waals surface area contributed by atoms with Gasteiger partial charge in [0, 0.05) is 25.6 Å². The molecule has 1 amide bonds. The number of hydrogen-bond acceptors (Lipinski definition) is 3. The van der Waals surface area contributed by atoms with E-state index in [4.69, 9.17) is 5.73 Å². The average molecular weight is 386 g/mol. The lowest BCUT2D eigenvalue weighted by atomic mass is 9.77. The number of nitrogens with zero attached hydrogens (tertiary/aromatic N) is 2. The van der Waals surface area contributed by atoms with Gasteiger partial charge >= 0.3 is 0 Å². The van der Waals surface area contributed by atoms with E-state index in [0.29, 0.717) is 44.3 Å². The first-order chi connectivity index (χ1) is 13.4. The minimum atomic E-state index is -0.412. The molecule has 152 valence electrons. The summed E-state index contributed by atoms with van der Waals surface area (Å²) in [6, 6.07) is 8.46. The molecule has 2 rings (SSSR count). The Kier molecular flexibility index (Phi) is 10.2. The zero-order valence-electron chi connectivity index (χ0n) is 17.0. The molecule has 1 saturated heterocycles. The van der Waals surface area contributed by atoms with E-state index in [1.165, 1.54) is 6.07 Å². The normalized spacial score (nSPS) is 16.6. The average Bonchev–Trinajstić information content (AvgIpc) is 2.70. The lowest BCUT2D eigenvalue weighted by molar-refractivity contribution is -0.133. The Morgan fingerprint density at radius 2 is 1.96 bits per heavy atom. The number of nitrogens with two attached hydrogens (primary N) is 1. The molecule has 0 aliphatic carbocycles. The minimum absolute atomic E-state index is 0.0241. The van der Waals surface area contributed by atoms with Crippen molar-refractivity contribution in [1.82, 2.24) is 4.90 Å². The number of likely N-dealkylation sites (tertiary alicyclic amines) is 1. The first kappa shape index (κ1) is 23.6. The zero-order chi connectivity index (χ0) is 21.0. The van der Waals surface area contributed by atoms with Gasteiger partial charge in [0.1, 0.15) is 5.82 Å². The fourth-order valence-corrected chi connectivity index (χ4v) is 3.19. The number of halogens is 1. The highest BCUT2D eigenvalue weighted by Gasteiger charge is 2.35. The standard InChI is InChI=1S/C19H24FN3O.C4H8/c1-2-7-19(14-21)8-10-23(11-9-19)18(24)13-16(22)12-15-5-3-4-6-17(15)20;1-3-4-2/h2-6,16H,1,7-13,22H2;3-4H,1-2H3/b;4-3-. The molecule has 1 aromatic carbocycles. The van der Waals surface area contributed by atoms with Gasteiger partial charge in [0.25, 0.3) is 0 Å². The molecule has 0 aromatic heterocycles. The smallest absolute Gasteiger partial charge is 0.224 e. The molecule has 5 heteroatoms. The molecule has 0 radical (unpaired) electrons. The molecular weight excluding hydrogens is 353 g/mol. The number of amides is 1. The summed E-state index contributed by atoms with van der Waals surface area (Å²) in [5.74, 6) is -0.314. The van der Waals surface area contributed by atoms with E-state index in [1.54, 1.807) is 29.2 Å². The van der Waals surface area contributed by atoms with Gasteiger partial charge in [0.15, 0.2) is 0 Å². The van der Waals surface area contributed by atoms with Crippen LogP contribution in [0.1, 0.15) is 45.1 Å². The Morgan fingerprint density at radius 3 is 2.46 bits per heavy atom. The lowest BCUT2D eigenvalue weighted by Crippen LogP contribution is -2.44. The summed E-state index contributed by atoms with van der Waals surface area (Å²) in [4.78, 5) is 14.2. The van der Waals surface area contributed by atoms with Crippen molar-refractivity contribution in [3.05, 3.63) is 60.5 Å². The number of carbonyl (C=O) groups excluding carboxylic acids is 1. The molecule has 1 fully saturated rings. The van der Waals surface area contributed by atoms with Gasteiger partial charge in [-0.1, -0.05) is 36.4 Å². The predicted molar refractivity (Wildman–Crippen MR) is 112 cm³/mol. The van der Waals surface area contributed by atoms with E-state index < -0.39 is 11.5 Å². The van der Waals surface area contributed by atoms with E-state index in [9.17, 15) is 14.4 Å². The van der Waals surface area contributed by atoms with E-state index in [0.717, 1.165) is 0 Å². The number of hydrogen-bond donors (Lipinski definition) is 1. The Labute approximate surface area is 168 Å². The molecule has 1 aromatic rings. The Balaban J connectivity index is 0.000000892. The van der Waals surface area contributed by atoms with Gasteiger partial charge in [0.2, 0.25) is 5.91 Å². The predicted octanol–water partition coefficient (Wildman–Crippen LogP) is 4.38. The van der Waals surface area contributed by atoms with Crippen LogP contribution in [0.4, 0.5) is 4.39 Å². The monoisotopic (exact) mass is 385 g/mol. The first-order valence-electron chi connectivity index (χ1n) is 9.77. The summed E-state index contributed by atoms with van der Waals surface area (Å²) >= 11 is 0. The van der Waals surface area contributed by atoms with Crippen molar-refractivity contribution < 1.29 is 9.18 Å². The van der Waals surface area contributed by atoms with Crippen molar-refractivity contribution in [2.45, 2.75) is 52.0 Å². The molecule has 4 nitrogen and oxygen atoms in total. The topological polar surface area (TPSA) is 70.1 Å². The summed E-state index contributed by atoms with van der Waals surface area (Å²) in [5.41, 5.74) is 6.17. The van der Waals surface area contributed by atoms with Gasteiger partial charge in [0.05, 0.1) is 11.5 Å². The SMILES string of the molecule is C/C=C\C.C=CCC1(C#N)CCN(C(=O)CC(N)Cc2ccccc2F)CC1. The second-order valence-corrected chi connectivity index (χ2v) is 7.19. The molecule has 28 heavy (non-hydrogen) atoms. The molecule has 1 aliphatic heterocycles. The van der Waals surface area contributed by atoms with Crippen LogP contribution in [-0.2, 0) is 11.2 Å². The largest absolute Gasteiger partial charge is 0.343 e. The molecular formula is C23H32FN3O. The molecule has 1 atom stereocenters. The maximum Gasteiger partial charge on any atom is 0.224 e. The molecule has 1 unspecified atom stereocenters. The van der Waals surface area contributed by atoms with Crippen molar-refractivity contribution in [1.29, 1.82) is 5.26 Å². The van der Waals surface area contributed by atoms with Crippen LogP contribution in [0.3, 0.4) is 0 Å². The lowest BCUT2D eigenvalue weighted by Gasteiger charge is -2.37. The van der Waals surface area contributed by atoms with Crippen LogP contribution in [0.2, 0.25) is 0 Å². The summed E-state index contributed by atoms with van der Waals surface area (Å²) in [5, 5.41) is 9.38. The third kappa shape index (κ3) is 7.28. The molecule has 1 aliphatic rings. The highest BCUT2D eigenvalue weighted by atomic mass is 19.1. The molecule has 0 bridgehead atoms. The van der Waals surface area contributed by atoms with Crippen molar-refractivity contribution in [2.24, 2.45) is 11.1 Å². The molecule has 0 spiro atoms. The second kappa shape index (κ2) is 12.1. The molecule has 0 saturated carbocycles. The number of benzene rings is 1. The maximum atomic E-state index is 13.6. The third-order valence-corrected chi connectivity index (χ3v) is 5.06. The van der Waals surface area contributed by atoms with Crippen molar-refractivity contribution in [2.75, 3.05) is 13.1 Å². The summed E-state index contributed by atoms with van der Waals surface area (Å²) < 4.78 is 13.6. The van der Waals surface area contributed by atoms with E-state index in [2.05, 4.69) is 12.6 Å². The van der Waals surface area contributed by atoms with Crippen LogP contribution in [-0.4, -0.2) is 29.9 Å². The van der Waals surface area contributed by atoms with Gasteiger partial charge in [-0.25, -0.2) is 4.39 Å². The van der Waals surface area contributed by atoms with Crippen LogP contribution in [0, 0.1) is 22.6 Å². The highest BCUT2D eigenvalue weighted by Crippen LogP contribution is 2.34. The van der Waals surface area contributed by atoms with E-state index in [-0.39, 0.29) is 18.1 Å². The second-order valence-electron chi connectivity index (χ2n) is 7.19. The van der Waals surface area contributed by atoms with Crippen LogP contribution in [0.5, 0.6) is 0 Å². The minimum Gasteiger partial charge on any atom is -0.343 e. The summed E-state index contributed by atoms with van der Waals surface area (Å²) in [6.45, 7) is 8.83. The van der Waals surface area contributed by atoms with E-state index in [1.807, 2.05) is 26.0 Å². The quantitative estimate of drug-likeness (QED) is 0.739. The van der Waals surface area contributed by atoms with Crippen LogP contribution in [0.25, 0.3) is 0 Å². The Bertz CT molecular complexity index is 696. The Hall–Kier alpha value is -2.45. The molecule has 2 N–H and O–H groups in total. The number of allylic oxidation sites excluding steroid dienone is 3. The number of carbonyl (C=O) groups is 1. The Morgan fingerprint density at radius 1 is 1.36 bits per heavy atom. The molecule has 1 heterocycles. The number of rotatable bonds is 6. The highest BCUT2D eigenvalue weighted by molar-refractivity contribution is 5.77. The van der Waals surface area contributed by atoms with Crippen molar-refractivity contribution >= 4 is 5.91 Å².